The Balaban J connectivity index is 2.79. The summed E-state index contributed by atoms with van der Waals surface area (Å²) in [4.78, 5) is 22.4. The normalized spacial score (nSPS) is 11.0. The van der Waals surface area contributed by atoms with Gasteiger partial charge in [-0.05, 0) is 12.1 Å². The van der Waals surface area contributed by atoms with Crippen molar-refractivity contribution >= 4 is 21.6 Å². The molecule has 0 saturated carbocycles. The van der Waals surface area contributed by atoms with Crippen molar-refractivity contribution in [2.24, 2.45) is 0 Å². The zero-order valence-electron chi connectivity index (χ0n) is 9.55. The van der Waals surface area contributed by atoms with Crippen molar-refractivity contribution in [3.63, 3.8) is 0 Å². The van der Waals surface area contributed by atoms with Crippen molar-refractivity contribution in [2.75, 3.05) is 18.6 Å². The smallest absolute Gasteiger partial charge is 0.320 e. The standard InChI is InChI=1S/C11H11FO5S/c1-17-11(14)7-18(15,16)6-10(13)8-3-2-4-9(12)5-8/h2-5H,6-7H2,1H3. The molecule has 0 bridgehead atoms. The maximum absolute atomic E-state index is 12.8. The van der Waals surface area contributed by atoms with Crippen LogP contribution in [0.15, 0.2) is 24.3 Å². The van der Waals surface area contributed by atoms with Gasteiger partial charge in [0.15, 0.2) is 15.6 Å². The molecule has 5 nitrogen and oxygen atoms in total. The zero-order chi connectivity index (χ0) is 13.8. The number of rotatable bonds is 5. The summed E-state index contributed by atoms with van der Waals surface area (Å²) in [5.74, 6) is -4.07. The van der Waals surface area contributed by atoms with Gasteiger partial charge in [-0.15, -0.1) is 0 Å². The number of ketones is 1. The molecule has 0 unspecified atom stereocenters. The fourth-order valence-electron chi connectivity index (χ4n) is 1.23. The highest BCUT2D eigenvalue weighted by atomic mass is 32.2. The first-order valence-corrected chi connectivity index (χ1v) is 6.72. The van der Waals surface area contributed by atoms with Crippen LogP contribution >= 0.6 is 0 Å². The number of carbonyl (C=O) groups excluding carboxylic acids is 2. The molecule has 0 aliphatic heterocycles. The summed E-state index contributed by atoms with van der Waals surface area (Å²) < 4.78 is 40.0. The van der Waals surface area contributed by atoms with Crippen LogP contribution < -0.4 is 0 Å². The van der Waals surface area contributed by atoms with E-state index in [1.807, 2.05) is 0 Å². The van der Waals surface area contributed by atoms with Gasteiger partial charge in [0.1, 0.15) is 17.3 Å². The van der Waals surface area contributed by atoms with E-state index >= 15 is 0 Å². The third kappa shape index (κ3) is 4.25. The van der Waals surface area contributed by atoms with Gasteiger partial charge in [0.2, 0.25) is 0 Å². The third-order valence-corrected chi connectivity index (χ3v) is 3.44. The second-order valence-electron chi connectivity index (χ2n) is 3.54. The quantitative estimate of drug-likeness (QED) is 0.580. The van der Waals surface area contributed by atoms with Gasteiger partial charge in [0.25, 0.3) is 0 Å². The molecule has 0 radical (unpaired) electrons. The highest BCUT2D eigenvalue weighted by Crippen LogP contribution is 2.06. The number of sulfone groups is 1. The van der Waals surface area contributed by atoms with E-state index in [9.17, 15) is 22.4 Å². The Labute approximate surface area is 103 Å². The molecule has 98 valence electrons. The highest BCUT2D eigenvalue weighted by Gasteiger charge is 2.22. The number of esters is 1. The molecular formula is C11H11FO5S. The van der Waals surface area contributed by atoms with E-state index in [0.29, 0.717) is 0 Å². The van der Waals surface area contributed by atoms with Gasteiger partial charge in [-0.2, -0.15) is 0 Å². The maximum atomic E-state index is 12.8. The van der Waals surface area contributed by atoms with Crippen LogP contribution in [0.2, 0.25) is 0 Å². The summed E-state index contributed by atoms with van der Waals surface area (Å²) in [7, 11) is -2.85. The van der Waals surface area contributed by atoms with Crippen molar-refractivity contribution in [3.8, 4) is 0 Å². The fourth-order valence-corrected chi connectivity index (χ4v) is 2.38. The van der Waals surface area contributed by atoms with Gasteiger partial charge >= 0.3 is 5.97 Å². The third-order valence-electron chi connectivity index (χ3n) is 2.06. The number of hydrogen-bond acceptors (Lipinski definition) is 5. The van der Waals surface area contributed by atoms with E-state index < -0.39 is 38.9 Å². The molecule has 18 heavy (non-hydrogen) atoms. The van der Waals surface area contributed by atoms with Gasteiger partial charge in [0.05, 0.1) is 7.11 Å². The predicted molar refractivity (Wildman–Crippen MR) is 61.4 cm³/mol. The molecule has 7 heteroatoms. The predicted octanol–water partition coefficient (Wildman–Crippen LogP) is 0.596. The lowest BCUT2D eigenvalue weighted by molar-refractivity contribution is -0.137. The minimum atomic E-state index is -3.90. The minimum Gasteiger partial charge on any atom is -0.468 e. The van der Waals surface area contributed by atoms with Crippen LogP contribution in [0.4, 0.5) is 4.39 Å². The summed E-state index contributed by atoms with van der Waals surface area (Å²) >= 11 is 0. The molecule has 0 heterocycles. The number of halogens is 1. The molecule has 0 aromatic heterocycles. The molecule has 0 N–H and O–H groups in total. The SMILES string of the molecule is COC(=O)CS(=O)(=O)CC(=O)c1cccc(F)c1. The second kappa shape index (κ2) is 5.72. The molecule has 0 atom stereocenters. The second-order valence-corrected chi connectivity index (χ2v) is 5.61. The van der Waals surface area contributed by atoms with Crippen molar-refractivity contribution in [2.45, 2.75) is 0 Å². The summed E-state index contributed by atoms with van der Waals surface area (Å²) in [6.07, 6.45) is 0. The van der Waals surface area contributed by atoms with Crippen molar-refractivity contribution in [1.82, 2.24) is 0 Å². The van der Waals surface area contributed by atoms with Crippen molar-refractivity contribution in [3.05, 3.63) is 35.6 Å². The summed E-state index contributed by atoms with van der Waals surface area (Å²) in [6, 6.07) is 4.68. The number of benzene rings is 1. The van der Waals surface area contributed by atoms with Crippen LogP contribution in [-0.4, -0.2) is 38.8 Å². The van der Waals surface area contributed by atoms with Gasteiger partial charge in [0, 0.05) is 5.56 Å². The first-order chi connectivity index (χ1) is 8.34. The van der Waals surface area contributed by atoms with Gasteiger partial charge in [-0.3, -0.25) is 9.59 Å². The molecule has 0 aliphatic carbocycles. The first kappa shape index (κ1) is 14.3. The largest absolute Gasteiger partial charge is 0.468 e. The van der Waals surface area contributed by atoms with E-state index in [-0.39, 0.29) is 5.56 Å². The Bertz CT molecular complexity index is 565. The maximum Gasteiger partial charge on any atom is 0.320 e. The van der Waals surface area contributed by atoms with Gasteiger partial charge < -0.3 is 4.74 Å². The van der Waals surface area contributed by atoms with Gasteiger partial charge in [-0.25, -0.2) is 12.8 Å². The van der Waals surface area contributed by atoms with Crippen LogP contribution in [0.5, 0.6) is 0 Å². The van der Waals surface area contributed by atoms with E-state index in [1.165, 1.54) is 12.1 Å². The molecule has 0 spiro atoms. The Morgan fingerprint density at radius 3 is 2.50 bits per heavy atom. The first-order valence-electron chi connectivity index (χ1n) is 4.90. The van der Waals surface area contributed by atoms with Crippen LogP contribution in [0.1, 0.15) is 10.4 Å². The Kier molecular flexibility index (Phi) is 4.55. The fraction of sp³-hybridized carbons (Fsp3) is 0.273. The molecular weight excluding hydrogens is 263 g/mol. The Hall–Kier alpha value is -1.76. The Morgan fingerprint density at radius 1 is 1.28 bits per heavy atom. The molecule has 0 fully saturated rings. The summed E-state index contributed by atoms with van der Waals surface area (Å²) in [5.41, 5.74) is -0.0524. The highest BCUT2D eigenvalue weighted by molar-refractivity contribution is 7.92. The van der Waals surface area contributed by atoms with Crippen LogP contribution in [-0.2, 0) is 19.4 Å². The number of ether oxygens (including phenoxy) is 1. The van der Waals surface area contributed by atoms with Crippen LogP contribution in [0.3, 0.4) is 0 Å². The van der Waals surface area contributed by atoms with Crippen LogP contribution in [0.25, 0.3) is 0 Å². The summed E-state index contributed by atoms with van der Waals surface area (Å²) in [6.45, 7) is 0. The lowest BCUT2D eigenvalue weighted by Crippen LogP contribution is -2.24. The van der Waals surface area contributed by atoms with Gasteiger partial charge in [-0.1, -0.05) is 12.1 Å². The molecule has 1 rings (SSSR count). The molecule has 1 aromatic rings. The van der Waals surface area contributed by atoms with Crippen molar-refractivity contribution in [1.29, 1.82) is 0 Å². The van der Waals surface area contributed by atoms with E-state index in [2.05, 4.69) is 4.74 Å². The van der Waals surface area contributed by atoms with E-state index in [0.717, 1.165) is 19.2 Å². The number of carbonyl (C=O) groups is 2. The topological polar surface area (TPSA) is 77.5 Å². The minimum absolute atomic E-state index is 0.0524. The molecule has 0 saturated heterocycles. The average molecular weight is 274 g/mol. The molecule has 0 amide bonds. The van der Waals surface area contributed by atoms with Crippen LogP contribution in [0, 0.1) is 5.82 Å². The number of methoxy groups -OCH3 is 1. The van der Waals surface area contributed by atoms with E-state index in [1.54, 1.807) is 0 Å². The number of Topliss-reactive ketones (excluding diaryl/α,β-unsaturated/α-hetero) is 1. The number of hydrogen-bond donors (Lipinski definition) is 0. The average Bonchev–Trinajstić information content (AvgIpc) is 2.27. The lowest BCUT2D eigenvalue weighted by atomic mass is 10.1. The monoisotopic (exact) mass is 274 g/mol. The molecule has 0 aliphatic rings. The Morgan fingerprint density at radius 2 is 1.94 bits per heavy atom. The zero-order valence-corrected chi connectivity index (χ0v) is 10.4. The van der Waals surface area contributed by atoms with E-state index in [4.69, 9.17) is 0 Å². The lowest BCUT2D eigenvalue weighted by Gasteiger charge is -2.03. The van der Waals surface area contributed by atoms with Crippen molar-refractivity contribution < 1.29 is 27.1 Å². The molecule has 1 aromatic carbocycles. The summed E-state index contributed by atoms with van der Waals surface area (Å²) in [5, 5.41) is 0.